The minimum Gasteiger partial charge on any atom is -0.494 e. The Balaban J connectivity index is 1.17. The Morgan fingerprint density at radius 3 is 2.58 bits per heavy atom. The van der Waals surface area contributed by atoms with E-state index in [4.69, 9.17) is 20.2 Å². The van der Waals surface area contributed by atoms with Gasteiger partial charge in [0.2, 0.25) is 11.9 Å². The molecule has 0 unspecified atom stereocenters. The van der Waals surface area contributed by atoms with Crippen LogP contribution < -0.4 is 30.0 Å². The number of hydrogen-bond acceptors (Lipinski definition) is 9. The largest absolute Gasteiger partial charge is 0.586 e. The number of aromatic nitrogens is 3. The number of nitrogens with two attached hydrogens (primary N) is 1. The number of halogens is 3. The second kappa shape index (κ2) is 10.2. The molecule has 250 valence electrons. The van der Waals surface area contributed by atoms with E-state index in [-0.39, 0.29) is 70.4 Å². The van der Waals surface area contributed by atoms with Crippen LogP contribution in [-0.4, -0.2) is 58.2 Å². The average Bonchev–Trinajstić information content (AvgIpc) is 3.99. The van der Waals surface area contributed by atoms with Crippen molar-refractivity contribution in [3.05, 3.63) is 59.2 Å². The lowest BCUT2D eigenvalue weighted by atomic mass is 9.81. The fourth-order valence-corrected chi connectivity index (χ4v) is 6.41. The number of amides is 2. The summed E-state index contributed by atoms with van der Waals surface area (Å²) in [4.78, 5) is 31.0. The highest BCUT2D eigenvalue weighted by atomic mass is 19.3. The Morgan fingerprint density at radius 1 is 1.15 bits per heavy atom. The van der Waals surface area contributed by atoms with Crippen LogP contribution in [0.4, 0.5) is 13.2 Å². The minimum absolute atomic E-state index is 0.0296. The zero-order valence-electron chi connectivity index (χ0n) is 25.8. The van der Waals surface area contributed by atoms with Crippen LogP contribution in [-0.2, 0) is 15.8 Å². The van der Waals surface area contributed by atoms with Crippen molar-refractivity contribution in [3.8, 4) is 34.3 Å². The Labute approximate surface area is 270 Å². The first kappa shape index (κ1) is 30.3. The summed E-state index contributed by atoms with van der Waals surface area (Å²) in [5.41, 5.74) is 4.07. The first-order valence-corrected chi connectivity index (χ1v) is 15.5. The second-order valence-corrected chi connectivity index (χ2v) is 13.0. The summed E-state index contributed by atoms with van der Waals surface area (Å²) < 4.78 is 64.7. The predicted octanol–water partition coefficient (Wildman–Crippen LogP) is 4.07. The third-order valence-corrected chi connectivity index (χ3v) is 9.59. The molecule has 2 atom stereocenters. The summed E-state index contributed by atoms with van der Waals surface area (Å²) in [5.74, 6) is -2.14. The van der Waals surface area contributed by atoms with Crippen LogP contribution in [0.5, 0.6) is 23.0 Å². The molecule has 2 fully saturated rings. The van der Waals surface area contributed by atoms with Gasteiger partial charge in [0.05, 0.1) is 30.8 Å². The van der Waals surface area contributed by atoms with Crippen molar-refractivity contribution in [3.63, 3.8) is 0 Å². The van der Waals surface area contributed by atoms with Crippen molar-refractivity contribution in [2.24, 2.45) is 11.7 Å². The monoisotopic (exact) mass is 665 g/mol. The standard InChI is InChI=1S/C33H30F3N5O7/c1-31(30(37)43)14-46-27-20(31)12-24(39-25(27)15-3-8-21-22(10-15)48-33(35,36)47-21)32(44,17-4-5-17)13-38-29(42)16-9-19-26(23(11-16)45-2)40-41(28(19)34)18-6-7-18/h3,8-12,17-18,44H,4-7,13-14H2,1-2H3,(H2,37,43)(H,38,42)/t31-,32+/m0/s1. The van der Waals surface area contributed by atoms with Crippen LogP contribution in [0.25, 0.3) is 22.2 Å². The highest BCUT2D eigenvalue weighted by molar-refractivity contribution is 6.00. The van der Waals surface area contributed by atoms with Gasteiger partial charge in [-0.15, -0.1) is 8.78 Å². The SMILES string of the molecule is COc1cc(C(=O)NC[C@](O)(c2cc3c(c(-c4ccc5c(c4)OC(F)(F)O5)n2)OC[C@]3(C)C(N)=O)C2CC2)cc2c(F)n(C3CC3)nc12. The molecule has 2 aromatic carbocycles. The number of ether oxygens (including phenoxy) is 4. The zero-order chi connectivity index (χ0) is 33.7. The number of nitrogens with one attached hydrogen (secondary N) is 1. The summed E-state index contributed by atoms with van der Waals surface area (Å²) in [6.45, 7) is 1.18. The van der Waals surface area contributed by atoms with Crippen molar-refractivity contribution in [2.45, 2.75) is 56.0 Å². The molecule has 15 heteroatoms. The van der Waals surface area contributed by atoms with Crippen molar-refractivity contribution in [1.82, 2.24) is 20.1 Å². The number of carbonyl (C=O) groups excluding carboxylic acids is 2. The molecule has 8 rings (SSSR count). The van der Waals surface area contributed by atoms with Gasteiger partial charge in [0.25, 0.3) is 5.91 Å². The lowest BCUT2D eigenvalue weighted by Gasteiger charge is -2.30. The summed E-state index contributed by atoms with van der Waals surface area (Å²) in [7, 11) is 1.41. The molecule has 48 heavy (non-hydrogen) atoms. The third-order valence-electron chi connectivity index (χ3n) is 9.59. The zero-order valence-corrected chi connectivity index (χ0v) is 25.8. The van der Waals surface area contributed by atoms with E-state index in [2.05, 4.69) is 19.9 Å². The van der Waals surface area contributed by atoms with Gasteiger partial charge in [0.15, 0.2) is 11.5 Å². The first-order chi connectivity index (χ1) is 22.8. The van der Waals surface area contributed by atoms with E-state index in [0.29, 0.717) is 29.5 Å². The number of rotatable bonds is 9. The molecule has 0 saturated heterocycles. The second-order valence-electron chi connectivity index (χ2n) is 13.0. The maximum absolute atomic E-state index is 15.3. The Hall–Kier alpha value is -5.05. The summed E-state index contributed by atoms with van der Waals surface area (Å²) in [6.07, 6.45) is -0.979. The van der Waals surface area contributed by atoms with Gasteiger partial charge in [-0.3, -0.25) is 9.59 Å². The predicted molar refractivity (Wildman–Crippen MR) is 161 cm³/mol. The topological polar surface area (TPSA) is 160 Å². The highest BCUT2D eigenvalue weighted by Crippen LogP contribution is 2.51. The summed E-state index contributed by atoms with van der Waals surface area (Å²) in [6, 6.07) is 8.45. The number of benzene rings is 2. The molecule has 0 spiro atoms. The van der Waals surface area contributed by atoms with Gasteiger partial charge in [0.1, 0.15) is 40.3 Å². The van der Waals surface area contributed by atoms with E-state index in [1.54, 1.807) is 13.0 Å². The molecule has 4 aromatic rings. The van der Waals surface area contributed by atoms with Crippen LogP contribution in [0.2, 0.25) is 0 Å². The van der Waals surface area contributed by atoms with E-state index in [9.17, 15) is 23.5 Å². The maximum Gasteiger partial charge on any atom is 0.586 e. The first-order valence-electron chi connectivity index (χ1n) is 15.5. The van der Waals surface area contributed by atoms with Crippen LogP contribution in [0.1, 0.15) is 60.3 Å². The molecular weight excluding hydrogens is 635 g/mol. The summed E-state index contributed by atoms with van der Waals surface area (Å²) in [5, 5.41) is 19.5. The number of methoxy groups -OCH3 is 1. The molecule has 0 bridgehead atoms. The normalized spacial score (nSPS) is 21.8. The molecule has 2 aromatic heterocycles. The quantitative estimate of drug-likeness (QED) is 0.240. The average molecular weight is 666 g/mol. The van der Waals surface area contributed by atoms with E-state index in [1.165, 1.54) is 42.1 Å². The minimum atomic E-state index is -3.85. The smallest absolute Gasteiger partial charge is 0.494 e. The van der Waals surface area contributed by atoms with Crippen LogP contribution in [0.3, 0.4) is 0 Å². The summed E-state index contributed by atoms with van der Waals surface area (Å²) >= 11 is 0. The van der Waals surface area contributed by atoms with E-state index >= 15 is 4.39 Å². The number of carbonyl (C=O) groups is 2. The lowest BCUT2D eigenvalue weighted by molar-refractivity contribution is -0.286. The number of hydrogen-bond donors (Lipinski definition) is 3. The molecule has 12 nitrogen and oxygen atoms in total. The van der Waals surface area contributed by atoms with Gasteiger partial charge >= 0.3 is 6.29 Å². The Morgan fingerprint density at radius 2 is 1.90 bits per heavy atom. The fraction of sp³-hybridized carbons (Fsp3) is 0.394. The van der Waals surface area contributed by atoms with E-state index < -0.39 is 35.1 Å². The van der Waals surface area contributed by atoms with Gasteiger partial charge in [-0.2, -0.15) is 9.49 Å². The van der Waals surface area contributed by atoms with Crippen molar-refractivity contribution in [1.29, 1.82) is 0 Å². The molecule has 2 aliphatic carbocycles. The van der Waals surface area contributed by atoms with E-state index in [1.807, 2.05) is 0 Å². The number of primary amides is 1. The molecule has 4 heterocycles. The number of aliphatic hydroxyl groups is 1. The van der Waals surface area contributed by atoms with Gasteiger partial charge in [0, 0.05) is 16.7 Å². The number of pyridine rings is 1. The molecule has 2 aliphatic heterocycles. The molecule has 2 amide bonds. The molecular formula is C33H30F3N5O7. The van der Waals surface area contributed by atoms with Crippen LogP contribution >= 0.6 is 0 Å². The third kappa shape index (κ3) is 4.70. The van der Waals surface area contributed by atoms with Crippen molar-refractivity contribution >= 4 is 22.7 Å². The van der Waals surface area contributed by atoms with Crippen LogP contribution in [0, 0.1) is 11.9 Å². The van der Waals surface area contributed by atoms with Crippen molar-refractivity contribution < 1.29 is 46.8 Å². The molecule has 4 N–H and O–H groups in total. The van der Waals surface area contributed by atoms with Gasteiger partial charge < -0.3 is 35.1 Å². The Bertz CT molecular complexity index is 2050. The maximum atomic E-state index is 15.3. The molecule has 0 radical (unpaired) electrons. The van der Waals surface area contributed by atoms with Gasteiger partial charge in [-0.1, -0.05) is 0 Å². The highest BCUT2D eigenvalue weighted by Gasteiger charge is 2.50. The van der Waals surface area contributed by atoms with Gasteiger partial charge in [-0.05, 0) is 74.9 Å². The number of nitrogens with zero attached hydrogens (tertiary/aromatic N) is 3. The number of alkyl halides is 2. The van der Waals surface area contributed by atoms with Crippen molar-refractivity contribution in [2.75, 3.05) is 20.3 Å². The lowest BCUT2D eigenvalue weighted by Crippen LogP contribution is -2.44. The van der Waals surface area contributed by atoms with E-state index in [0.717, 1.165) is 12.8 Å². The fourth-order valence-electron chi connectivity index (χ4n) is 6.41. The molecule has 4 aliphatic rings. The van der Waals surface area contributed by atoms with Crippen LogP contribution in [0.15, 0.2) is 36.4 Å². The Kier molecular flexibility index (Phi) is 6.45. The van der Waals surface area contributed by atoms with Gasteiger partial charge in [-0.25, -0.2) is 9.67 Å². The molecule has 2 saturated carbocycles. The number of fused-ring (bicyclic) bond motifs is 3.